The van der Waals surface area contributed by atoms with Gasteiger partial charge >= 0.3 is 5.97 Å². The Morgan fingerprint density at radius 3 is 2.48 bits per heavy atom. The number of fused-ring (bicyclic) bond motifs is 1. The minimum atomic E-state index is -1.35. The number of carboxylic acids is 1. The standard InChI is InChI=1S/C18H15F2NO4/c1-25-14-7-6-12(19)16(20)15(14)17(22)21-9-11-5-3-2-4-10(11)8-13(21)18(23)24/h2-7,13H,8-9H2,1H3,(H,23,24). The summed E-state index contributed by atoms with van der Waals surface area (Å²) in [5, 5.41) is 9.49. The third-order valence-electron chi connectivity index (χ3n) is 4.28. The van der Waals surface area contributed by atoms with Crippen molar-refractivity contribution in [1.82, 2.24) is 4.90 Å². The first kappa shape index (κ1) is 16.9. The molecule has 1 unspecified atom stereocenters. The Morgan fingerprint density at radius 1 is 1.16 bits per heavy atom. The van der Waals surface area contributed by atoms with E-state index >= 15 is 0 Å². The number of carbonyl (C=O) groups is 2. The number of carboxylic acid groups (broad SMARTS) is 1. The molecular formula is C18H15F2NO4. The SMILES string of the molecule is COc1ccc(F)c(F)c1C(=O)N1Cc2ccccc2CC1C(=O)O. The number of ether oxygens (including phenoxy) is 1. The second-order valence-corrected chi connectivity index (χ2v) is 5.70. The van der Waals surface area contributed by atoms with Crippen molar-refractivity contribution in [3.8, 4) is 5.75 Å². The maximum atomic E-state index is 14.2. The van der Waals surface area contributed by atoms with Crippen LogP contribution >= 0.6 is 0 Å². The molecular weight excluding hydrogens is 332 g/mol. The third-order valence-corrected chi connectivity index (χ3v) is 4.28. The lowest BCUT2D eigenvalue weighted by molar-refractivity contribution is -0.142. The lowest BCUT2D eigenvalue weighted by atomic mass is 9.93. The van der Waals surface area contributed by atoms with Crippen LogP contribution in [-0.4, -0.2) is 35.0 Å². The van der Waals surface area contributed by atoms with Gasteiger partial charge in [-0.3, -0.25) is 4.79 Å². The van der Waals surface area contributed by atoms with Crippen molar-refractivity contribution in [2.75, 3.05) is 7.11 Å². The fraction of sp³-hybridized carbons (Fsp3) is 0.222. The van der Waals surface area contributed by atoms with E-state index < -0.39 is 35.1 Å². The highest BCUT2D eigenvalue weighted by molar-refractivity contribution is 5.99. The Kier molecular flexibility index (Phi) is 4.39. The Morgan fingerprint density at radius 2 is 1.84 bits per heavy atom. The van der Waals surface area contributed by atoms with Crippen LogP contribution in [0.3, 0.4) is 0 Å². The van der Waals surface area contributed by atoms with Crippen LogP contribution in [-0.2, 0) is 17.8 Å². The second-order valence-electron chi connectivity index (χ2n) is 5.70. The second kappa shape index (κ2) is 6.51. The number of nitrogens with zero attached hydrogens (tertiary/aromatic N) is 1. The van der Waals surface area contributed by atoms with Crippen LogP contribution in [0, 0.1) is 11.6 Å². The molecule has 1 N–H and O–H groups in total. The van der Waals surface area contributed by atoms with Crippen LogP contribution in [0.4, 0.5) is 8.78 Å². The predicted octanol–water partition coefficient (Wildman–Crippen LogP) is 2.63. The highest BCUT2D eigenvalue weighted by Gasteiger charge is 2.37. The van der Waals surface area contributed by atoms with E-state index in [-0.39, 0.29) is 18.7 Å². The van der Waals surface area contributed by atoms with Crippen molar-refractivity contribution < 1.29 is 28.2 Å². The zero-order valence-electron chi connectivity index (χ0n) is 13.3. The normalized spacial score (nSPS) is 16.3. The fourth-order valence-corrected chi connectivity index (χ4v) is 3.00. The summed E-state index contributed by atoms with van der Waals surface area (Å²) in [6.45, 7) is -0.00885. The van der Waals surface area contributed by atoms with Gasteiger partial charge in [0, 0.05) is 13.0 Å². The Bertz CT molecular complexity index is 853. The van der Waals surface area contributed by atoms with E-state index in [1.54, 1.807) is 24.3 Å². The Hall–Kier alpha value is -2.96. The van der Waals surface area contributed by atoms with E-state index in [1.165, 1.54) is 7.11 Å². The topological polar surface area (TPSA) is 66.8 Å². The zero-order valence-corrected chi connectivity index (χ0v) is 13.3. The lowest BCUT2D eigenvalue weighted by Crippen LogP contribution is -2.49. The summed E-state index contributed by atoms with van der Waals surface area (Å²) >= 11 is 0. The van der Waals surface area contributed by atoms with Gasteiger partial charge in [0.2, 0.25) is 0 Å². The van der Waals surface area contributed by atoms with Crippen molar-refractivity contribution in [3.05, 3.63) is 64.7 Å². The van der Waals surface area contributed by atoms with Crippen molar-refractivity contribution in [1.29, 1.82) is 0 Å². The summed E-state index contributed by atoms with van der Waals surface area (Å²) < 4.78 is 32.8. The van der Waals surface area contributed by atoms with E-state index in [1.807, 2.05) is 0 Å². The largest absolute Gasteiger partial charge is 0.496 e. The number of methoxy groups -OCH3 is 1. The van der Waals surface area contributed by atoms with Gasteiger partial charge in [0.25, 0.3) is 5.91 Å². The molecule has 3 rings (SSSR count). The van der Waals surface area contributed by atoms with Crippen LogP contribution in [0.2, 0.25) is 0 Å². The smallest absolute Gasteiger partial charge is 0.326 e. The molecule has 1 aliphatic rings. The van der Waals surface area contributed by atoms with Gasteiger partial charge in [-0.15, -0.1) is 0 Å². The van der Waals surface area contributed by atoms with Gasteiger partial charge in [-0.2, -0.15) is 0 Å². The van der Waals surface area contributed by atoms with E-state index in [0.29, 0.717) is 0 Å². The maximum Gasteiger partial charge on any atom is 0.326 e. The molecule has 1 atom stereocenters. The Balaban J connectivity index is 2.07. The first-order valence-corrected chi connectivity index (χ1v) is 7.56. The molecule has 5 nitrogen and oxygen atoms in total. The summed E-state index contributed by atoms with van der Waals surface area (Å²) in [6, 6.07) is 7.93. The minimum Gasteiger partial charge on any atom is -0.496 e. The van der Waals surface area contributed by atoms with Gasteiger partial charge in [0.15, 0.2) is 11.6 Å². The number of amides is 1. The minimum absolute atomic E-state index is 0.00885. The summed E-state index contributed by atoms with van der Waals surface area (Å²) in [5.74, 6) is -4.83. The monoisotopic (exact) mass is 347 g/mol. The molecule has 0 aliphatic carbocycles. The van der Waals surface area contributed by atoms with Crippen LogP contribution < -0.4 is 4.74 Å². The molecule has 1 aliphatic heterocycles. The van der Waals surface area contributed by atoms with Crippen molar-refractivity contribution in [3.63, 3.8) is 0 Å². The van der Waals surface area contributed by atoms with E-state index in [9.17, 15) is 23.5 Å². The van der Waals surface area contributed by atoms with Gasteiger partial charge in [-0.25, -0.2) is 13.6 Å². The van der Waals surface area contributed by atoms with E-state index in [2.05, 4.69) is 0 Å². The molecule has 0 aromatic heterocycles. The number of hydrogen-bond donors (Lipinski definition) is 1. The number of hydrogen-bond acceptors (Lipinski definition) is 3. The molecule has 0 saturated heterocycles. The summed E-state index contributed by atoms with van der Waals surface area (Å²) in [5.41, 5.74) is 0.975. The number of rotatable bonds is 3. The summed E-state index contributed by atoms with van der Waals surface area (Å²) in [4.78, 5) is 25.5. The fourth-order valence-electron chi connectivity index (χ4n) is 3.00. The number of aliphatic carboxylic acids is 1. The number of carbonyl (C=O) groups excluding carboxylic acids is 1. The highest BCUT2D eigenvalue weighted by atomic mass is 19.2. The summed E-state index contributed by atoms with van der Waals surface area (Å²) in [7, 11) is 1.23. The van der Waals surface area contributed by atoms with Gasteiger partial charge in [-0.05, 0) is 23.3 Å². The van der Waals surface area contributed by atoms with Gasteiger partial charge in [0.1, 0.15) is 17.4 Å². The van der Waals surface area contributed by atoms with Crippen molar-refractivity contribution in [2.45, 2.75) is 19.0 Å². The Labute approximate surface area is 142 Å². The molecule has 130 valence electrons. The van der Waals surface area contributed by atoms with Gasteiger partial charge in [-0.1, -0.05) is 24.3 Å². The van der Waals surface area contributed by atoms with Crippen LogP contribution in [0.5, 0.6) is 5.75 Å². The van der Waals surface area contributed by atoms with Crippen molar-refractivity contribution >= 4 is 11.9 Å². The average molecular weight is 347 g/mol. The predicted molar refractivity (Wildman–Crippen MR) is 84.4 cm³/mol. The van der Waals surface area contributed by atoms with Crippen LogP contribution in [0.15, 0.2) is 36.4 Å². The van der Waals surface area contributed by atoms with Gasteiger partial charge < -0.3 is 14.7 Å². The molecule has 7 heteroatoms. The number of halogens is 2. The summed E-state index contributed by atoms with van der Waals surface area (Å²) in [6.07, 6.45) is 0.0937. The van der Waals surface area contributed by atoms with Gasteiger partial charge in [0.05, 0.1) is 7.11 Å². The maximum absolute atomic E-state index is 14.2. The molecule has 1 amide bonds. The molecule has 0 spiro atoms. The van der Waals surface area contributed by atoms with Crippen molar-refractivity contribution in [2.24, 2.45) is 0 Å². The molecule has 2 aromatic carbocycles. The number of benzene rings is 2. The quantitative estimate of drug-likeness (QED) is 0.927. The average Bonchev–Trinajstić information content (AvgIpc) is 2.62. The molecule has 0 radical (unpaired) electrons. The first-order valence-electron chi connectivity index (χ1n) is 7.56. The highest BCUT2D eigenvalue weighted by Crippen LogP contribution is 2.30. The van der Waals surface area contributed by atoms with Crippen LogP contribution in [0.25, 0.3) is 0 Å². The van der Waals surface area contributed by atoms with Crippen LogP contribution in [0.1, 0.15) is 21.5 Å². The van der Waals surface area contributed by atoms with E-state index in [4.69, 9.17) is 4.74 Å². The molecule has 0 bridgehead atoms. The molecule has 0 saturated carbocycles. The molecule has 0 fully saturated rings. The first-order chi connectivity index (χ1) is 11.9. The lowest BCUT2D eigenvalue weighted by Gasteiger charge is -2.34. The zero-order chi connectivity index (χ0) is 18.1. The third kappa shape index (κ3) is 2.93. The molecule has 25 heavy (non-hydrogen) atoms. The molecule has 1 heterocycles. The molecule has 2 aromatic rings. The van der Waals surface area contributed by atoms with E-state index in [0.717, 1.165) is 28.2 Å².